The summed E-state index contributed by atoms with van der Waals surface area (Å²) in [4.78, 5) is 3.21. The predicted octanol–water partition coefficient (Wildman–Crippen LogP) is 4.27. The molecule has 0 spiro atoms. The molecule has 0 aliphatic heterocycles. The number of anilines is 2. The number of nitrogen functional groups attached to an aromatic ring is 1. The zero-order valence-corrected chi connectivity index (χ0v) is 11.6. The van der Waals surface area contributed by atoms with Crippen LogP contribution in [0.1, 0.15) is 4.88 Å². The molecule has 17 heavy (non-hydrogen) atoms. The van der Waals surface area contributed by atoms with Gasteiger partial charge in [-0.15, -0.1) is 11.3 Å². The summed E-state index contributed by atoms with van der Waals surface area (Å²) >= 11 is 13.6. The largest absolute Gasteiger partial charge is 0.397 e. The predicted molar refractivity (Wildman–Crippen MR) is 77.3 cm³/mol. The zero-order valence-electron chi connectivity index (χ0n) is 9.28. The van der Waals surface area contributed by atoms with Crippen molar-refractivity contribution in [3.63, 3.8) is 0 Å². The minimum atomic E-state index is 0.662. The van der Waals surface area contributed by atoms with Crippen molar-refractivity contribution in [3.05, 3.63) is 44.6 Å². The van der Waals surface area contributed by atoms with Crippen LogP contribution in [0.5, 0.6) is 0 Å². The number of thiophene rings is 1. The van der Waals surface area contributed by atoms with Crippen LogP contribution >= 0.6 is 34.5 Å². The number of hydrogen-bond donors (Lipinski definition) is 1. The minimum absolute atomic E-state index is 0.662. The molecular formula is C12H12Cl2N2S. The van der Waals surface area contributed by atoms with Crippen molar-refractivity contribution < 1.29 is 0 Å². The number of hydrogen-bond acceptors (Lipinski definition) is 3. The molecule has 2 aromatic rings. The highest BCUT2D eigenvalue weighted by Gasteiger charge is 2.11. The Kier molecular flexibility index (Phi) is 3.82. The number of nitrogens with zero attached hydrogens (tertiary/aromatic N) is 1. The van der Waals surface area contributed by atoms with Crippen LogP contribution in [0.15, 0.2) is 30.3 Å². The van der Waals surface area contributed by atoms with Gasteiger partial charge in [-0.1, -0.05) is 29.3 Å². The SMILES string of the molecule is CN(Cc1ccc(Cl)s1)c1c(N)cccc1Cl. The fourth-order valence-electron chi connectivity index (χ4n) is 1.68. The molecule has 0 saturated carbocycles. The van der Waals surface area contributed by atoms with E-state index < -0.39 is 0 Å². The number of para-hydroxylation sites is 1. The van der Waals surface area contributed by atoms with Gasteiger partial charge in [0, 0.05) is 11.9 Å². The van der Waals surface area contributed by atoms with Gasteiger partial charge in [0.2, 0.25) is 0 Å². The van der Waals surface area contributed by atoms with E-state index in [0.717, 1.165) is 16.6 Å². The fraction of sp³-hybridized carbons (Fsp3) is 0.167. The summed E-state index contributed by atoms with van der Waals surface area (Å²) in [7, 11) is 1.96. The molecule has 0 fully saturated rings. The molecule has 0 saturated heterocycles. The van der Waals surface area contributed by atoms with Crippen molar-refractivity contribution in [2.45, 2.75) is 6.54 Å². The average Bonchev–Trinajstić information content (AvgIpc) is 2.63. The van der Waals surface area contributed by atoms with Crippen LogP contribution in [0, 0.1) is 0 Å². The molecule has 90 valence electrons. The van der Waals surface area contributed by atoms with Crippen molar-refractivity contribution in [1.82, 2.24) is 0 Å². The van der Waals surface area contributed by atoms with Crippen molar-refractivity contribution in [2.75, 3.05) is 17.7 Å². The van der Waals surface area contributed by atoms with Crippen LogP contribution in [-0.4, -0.2) is 7.05 Å². The van der Waals surface area contributed by atoms with E-state index in [0.29, 0.717) is 10.7 Å². The molecule has 1 heterocycles. The molecule has 0 atom stereocenters. The van der Waals surface area contributed by atoms with Crippen molar-refractivity contribution in [2.24, 2.45) is 0 Å². The molecule has 0 radical (unpaired) electrons. The van der Waals surface area contributed by atoms with E-state index in [1.54, 1.807) is 11.3 Å². The van der Waals surface area contributed by atoms with Crippen molar-refractivity contribution in [1.29, 1.82) is 0 Å². The lowest BCUT2D eigenvalue weighted by molar-refractivity contribution is 0.942. The molecule has 2 rings (SSSR count). The van der Waals surface area contributed by atoms with Crippen LogP contribution in [0.3, 0.4) is 0 Å². The minimum Gasteiger partial charge on any atom is -0.397 e. The van der Waals surface area contributed by atoms with Gasteiger partial charge in [-0.25, -0.2) is 0 Å². The van der Waals surface area contributed by atoms with E-state index in [2.05, 4.69) is 0 Å². The molecule has 0 aliphatic rings. The van der Waals surface area contributed by atoms with E-state index in [1.807, 2.05) is 42.3 Å². The standard InChI is InChI=1S/C12H12Cl2N2S/c1-16(7-8-5-6-11(14)17-8)12-9(13)3-2-4-10(12)15/h2-6H,7,15H2,1H3. The van der Waals surface area contributed by atoms with Gasteiger partial charge in [-0.2, -0.15) is 0 Å². The highest BCUT2D eigenvalue weighted by Crippen LogP contribution is 2.33. The van der Waals surface area contributed by atoms with Crippen LogP contribution in [-0.2, 0) is 6.54 Å². The highest BCUT2D eigenvalue weighted by molar-refractivity contribution is 7.16. The third kappa shape index (κ3) is 2.86. The van der Waals surface area contributed by atoms with Gasteiger partial charge in [-0.05, 0) is 24.3 Å². The third-order valence-corrected chi connectivity index (χ3v) is 3.94. The number of benzene rings is 1. The first-order valence-corrected chi connectivity index (χ1v) is 6.64. The van der Waals surface area contributed by atoms with Crippen LogP contribution < -0.4 is 10.6 Å². The number of nitrogens with two attached hydrogens (primary N) is 1. The summed E-state index contributed by atoms with van der Waals surface area (Å²) in [6, 6.07) is 9.43. The maximum absolute atomic E-state index is 6.15. The summed E-state index contributed by atoms with van der Waals surface area (Å²) < 4.78 is 0.792. The summed E-state index contributed by atoms with van der Waals surface area (Å²) in [5.41, 5.74) is 7.48. The molecule has 0 aliphatic carbocycles. The summed E-state index contributed by atoms with van der Waals surface area (Å²) in [6.07, 6.45) is 0. The molecule has 0 unspecified atom stereocenters. The maximum Gasteiger partial charge on any atom is 0.0931 e. The van der Waals surface area contributed by atoms with E-state index in [-0.39, 0.29) is 0 Å². The quantitative estimate of drug-likeness (QED) is 0.854. The molecule has 1 aromatic carbocycles. The van der Waals surface area contributed by atoms with Gasteiger partial charge in [0.05, 0.1) is 27.3 Å². The molecule has 5 heteroatoms. The lowest BCUT2D eigenvalue weighted by atomic mass is 10.2. The maximum atomic E-state index is 6.15. The highest BCUT2D eigenvalue weighted by atomic mass is 35.5. The Bertz CT molecular complexity index is 505. The Morgan fingerprint density at radius 2 is 2.00 bits per heavy atom. The van der Waals surface area contributed by atoms with E-state index in [1.165, 1.54) is 4.88 Å². The average molecular weight is 287 g/mol. The Hall–Kier alpha value is -0.900. The first-order valence-electron chi connectivity index (χ1n) is 5.07. The Labute approximate surface area is 115 Å². The normalized spacial score (nSPS) is 10.5. The molecule has 0 amide bonds. The van der Waals surface area contributed by atoms with Crippen LogP contribution in [0.25, 0.3) is 0 Å². The second-order valence-electron chi connectivity index (χ2n) is 3.74. The topological polar surface area (TPSA) is 29.3 Å². The van der Waals surface area contributed by atoms with Gasteiger partial charge in [0.25, 0.3) is 0 Å². The van der Waals surface area contributed by atoms with Crippen molar-refractivity contribution in [3.8, 4) is 0 Å². The second kappa shape index (κ2) is 5.17. The molecule has 2 N–H and O–H groups in total. The lowest BCUT2D eigenvalue weighted by Gasteiger charge is -2.21. The Morgan fingerprint density at radius 3 is 2.59 bits per heavy atom. The monoisotopic (exact) mass is 286 g/mol. The number of halogens is 2. The van der Waals surface area contributed by atoms with Gasteiger partial charge < -0.3 is 10.6 Å². The smallest absolute Gasteiger partial charge is 0.0931 e. The second-order valence-corrected chi connectivity index (χ2v) is 5.95. The first kappa shape index (κ1) is 12.6. The summed E-state index contributed by atoms with van der Waals surface area (Å²) in [5, 5.41) is 0.662. The van der Waals surface area contributed by atoms with E-state index >= 15 is 0 Å². The first-order chi connectivity index (χ1) is 8.08. The molecular weight excluding hydrogens is 275 g/mol. The van der Waals surface area contributed by atoms with Crippen LogP contribution in [0.2, 0.25) is 9.36 Å². The lowest BCUT2D eigenvalue weighted by Crippen LogP contribution is -2.17. The van der Waals surface area contributed by atoms with Crippen LogP contribution in [0.4, 0.5) is 11.4 Å². The Morgan fingerprint density at radius 1 is 1.24 bits per heavy atom. The molecule has 1 aromatic heterocycles. The third-order valence-electron chi connectivity index (χ3n) is 2.42. The van der Waals surface area contributed by atoms with Crippen molar-refractivity contribution >= 4 is 45.9 Å². The van der Waals surface area contributed by atoms with E-state index in [4.69, 9.17) is 28.9 Å². The van der Waals surface area contributed by atoms with Gasteiger partial charge in [-0.3, -0.25) is 0 Å². The Balaban J connectivity index is 2.22. The van der Waals surface area contributed by atoms with Gasteiger partial charge in [0.15, 0.2) is 0 Å². The van der Waals surface area contributed by atoms with Gasteiger partial charge in [0.1, 0.15) is 0 Å². The van der Waals surface area contributed by atoms with E-state index in [9.17, 15) is 0 Å². The molecule has 2 nitrogen and oxygen atoms in total. The summed E-state index contributed by atoms with van der Waals surface area (Å²) in [5.74, 6) is 0. The zero-order chi connectivity index (χ0) is 12.4. The number of rotatable bonds is 3. The van der Waals surface area contributed by atoms with Gasteiger partial charge >= 0.3 is 0 Å². The molecule has 0 bridgehead atoms. The fourth-order valence-corrected chi connectivity index (χ4v) is 3.15. The summed E-state index contributed by atoms with van der Waals surface area (Å²) in [6.45, 7) is 0.741.